The Hall–Kier alpha value is -0.770. The molecule has 1 atom stereocenters. The van der Waals surface area contributed by atoms with E-state index in [1.807, 2.05) is 0 Å². The van der Waals surface area contributed by atoms with Crippen molar-refractivity contribution in [2.75, 3.05) is 13.1 Å². The van der Waals surface area contributed by atoms with E-state index in [0.717, 1.165) is 13.1 Å². The first-order chi connectivity index (χ1) is 7.51. The van der Waals surface area contributed by atoms with Crippen LogP contribution in [-0.4, -0.2) is 35.1 Å². The third-order valence-electron chi connectivity index (χ3n) is 2.84. The third kappa shape index (κ3) is 6.67. The first-order valence-electron chi connectivity index (χ1n) is 6.21. The van der Waals surface area contributed by atoms with Crippen molar-refractivity contribution < 1.29 is 5.21 Å². The zero-order chi connectivity index (χ0) is 12.6. The van der Waals surface area contributed by atoms with E-state index in [-0.39, 0.29) is 0 Å². The van der Waals surface area contributed by atoms with Gasteiger partial charge in [0.25, 0.3) is 0 Å². The highest BCUT2D eigenvalue weighted by atomic mass is 16.4. The first kappa shape index (κ1) is 15.2. The molecule has 0 aromatic carbocycles. The van der Waals surface area contributed by atoms with E-state index in [1.54, 1.807) is 0 Å². The van der Waals surface area contributed by atoms with Crippen LogP contribution < -0.4 is 5.73 Å². The summed E-state index contributed by atoms with van der Waals surface area (Å²) in [6, 6.07) is 0.505. The molecule has 0 aliphatic carbocycles. The van der Waals surface area contributed by atoms with Gasteiger partial charge in [-0.2, -0.15) is 0 Å². The van der Waals surface area contributed by atoms with Gasteiger partial charge >= 0.3 is 0 Å². The summed E-state index contributed by atoms with van der Waals surface area (Å²) in [7, 11) is 0. The molecule has 96 valence electrons. The number of nitrogens with zero attached hydrogens (tertiary/aromatic N) is 2. The summed E-state index contributed by atoms with van der Waals surface area (Å²) in [6.45, 7) is 10.8. The Kier molecular flexibility index (Phi) is 7.99. The molecule has 0 rings (SSSR count). The highest BCUT2D eigenvalue weighted by Gasteiger charge is 2.13. The lowest BCUT2D eigenvalue weighted by atomic mass is 10.0. The predicted octanol–water partition coefficient (Wildman–Crippen LogP) is 2.27. The summed E-state index contributed by atoms with van der Waals surface area (Å²) in [5, 5.41) is 11.5. The molecule has 0 fully saturated rings. The molecule has 0 aliphatic heterocycles. The molecule has 0 radical (unpaired) electrons. The summed E-state index contributed by atoms with van der Waals surface area (Å²) in [5.41, 5.74) is 5.48. The molecule has 0 bridgehead atoms. The Morgan fingerprint density at radius 3 is 2.44 bits per heavy atom. The maximum absolute atomic E-state index is 8.50. The Morgan fingerprint density at radius 1 is 1.38 bits per heavy atom. The summed E-state index contributed by atoms with van der Waals surface area (Å²) in [4.78, 5) is 2.39. The van der Waals surface area contributed by atoms with Crippen LogP contribution in [0.3, 0.4) is 0 Å². The summed E-state index contributed by atoms with van der Waals surface area (Å²) >= 11 is 0. The molecule has 0 saturated heterocycles. The average Bonchev–Trinajstić information content (AvgIpc) is 2.23. The fourth-order valence-electron chi connectivity index (χ4n) is 1.85. The lowest BCUT2D eigenvalue weighted by Gasteiger charge is -2.29. The van der Waals surface area contributed by atoms with Crippen LogP contribution >= 0.6 is 0 Å². The van der Waals surface area contributed by atoms with Gasteiger partial charge in [0, 0.05) is 25.6 Å². The Morgan fingerprint density at radius 2 is 2.00 bits per heavy atom. The van der Waals surface area contributed by atoms with Gasteiger partial charge < -0.3 is 15.8 Å². The maximum Gasteiger partial charge on any atom is 0.140 e. The zero-order valence-electron chi connectivity index (χ0n) is 11.1. The van der Waals surface area contributed by atoms with E-state index < -0.39 is 0 Å². The fourth-order valence-corrected chi connectivity index (χ4v) is 1.85. The number of hydrogen-bond donors (Lipinski definition) is 2. The SMILES string of the molecule is CCCC(C)CN(CCC(N)=NO)C(C)C. The second-order valence-electron chi connectivity index (χ2n) is 4.82. The number of rotatable bonds is 8. The second-order valence-corrected chi connectivity index (χ2v) is 4.82. The van der Waals surface area contributed by atoms with Crippen LogP contribution in [0.15, 0.2) is 5.16 Å². The summed E-state index contributed by atoms with van der Waals surface area (Å²) < 4.78 is 0. The van der Waals surface area contributed by atoms with E-state index in [0.29, 0.717) is 24.2 Å². The van der Waals surface area contributed by atoms with Gasteiger partial charge in [-0.25, -0.2) is 0 Å². The van der Waals surface area contributed by atoms with Crippen LogP contribution in [-0.2, 0) is 0 Å². The number of nitrogens with two attached hydrogens (primary N) is 1. The van der Waals surface area contributed by atoms with Gasteiger partial charge in [0.2, 0.25) is 0 Å². The summed E-state index contributed by atoms with van der Waals surface area (Å²) in [5.74, 6) is 1.02. The molecular weight excluding hydrogens is 202 g/mol. The molecule has 0 heterocycles. The standard InChI is InChI=1S/C12H27N3O/c1-5-6-11(4)9-15(10(2)3)8-7-12(13)14-16/h10-11,16H,5-9H2,1-4H3,(H2,13,14). The lowest BCUT2D eigenvalue weighted by molar-refractivity contribution is 0.192. The Bertz CT molecular complexity index is 204. The smallest absolute Gasteiger partial charge is 0.140 e. The number of hydrogen-bond acceptors (Lipinski definition) is 3. The van der Waals surface area contributed by atoms with Crippen molar-refractivity contribution in [2.45, 2.75) is 53.0 Å². The average molecular weight is 229 g/mol. The van der Waals surface area contributed by atoms with Crippen molar-refractivity contribution in [3.8, 4) is 0 Å². The van der Waals surface area contributed by atoms with Crippen LogP contribution in [0.2, 0.25) is 0 Å². The van der Waals surface area contributed by atoms with Crippen LogP contribution in [0.25, 0.3) is 0 Å². The first-order valence-corrected chi connectivity index (χ1v) is 6.21. The van der Waals surface area contributed by atoms with Crippen molar-refractivity contribution in [1.29, 1.82) is 0 Å². The van der Waals surface area contributed by atoms with Gasteiger partial charge in [0.15, 0.2) is 0 Å². The van der Waals surface area contributed by atoms with E-state index in [1.165, 1.54) is 12.8 Å². The predicted molar refractivity (Wildman–Crippen MR) is 68.8 cm³/mol. The van der Waals surface area contributed by atoms with Gasteiger partial charge in [0.1, 0.15) is 5.84 Å². The van der Waals surface area contributed by atoms with E-state index in [2.05, 4.69) is 37.8 Å². The molecule has 3 N–H and O–H groups in total. The van der Waals surface area contributed by atoms with Crippen LogP contribution in [0.4, 0.5) is 0 Å². The molecule has 0 aliphatic rings. The molecule has 1 unspecified atom stereocenters. The van der Waals surface area contributed by atoms with Crippen molar-refractivity contribution in [2.24, 2.45) is 16.8 Å². The topological polar surface area (TPSA) is 61.8 Å². The van der Waals surface area contributed by atoms with Crippen molar-refractivity contribution in [3.63, 3.8) is 0 Å². The molecular formula is C12H27N3O. The molecule has 0 aromatic rings. The van der Waals surface area contributed by atoms with E-state index in [4.69, 9.17) is 10.9 Å². The van der Waals surface area contributed by atoms with Gasteiger partial charge in [-0.15, -0.1) is 0 Å². The molecule has 0 aromatic heterocycles. The minimum absolute atomic E-state index is 0.314. The van der Waals surface area contributed by atoms with E-state index in [9.17, 15) is 0 Å². The highest BCUT2D eigenvalue weighted by molar-refractivity contribution is 5.79. The van der Waals surface area contributed by atoms with Crippen molar-refractivity contribution in [1.82, 2.24) is 4.90 Å². The molecule has 0 saturated carbocycles. The Labute approximate surface area is 99.5 Å². The van der Waals surface area contributed by atoms with Crippen LogP contribution in [0, 0.1) is 5.92 Å². The minimum atomic E-state index is 0.314. The van der Waals surface area contributed by atoms with Gasteiger partial charge in [0.05, 0.1) is 0 Å². The molecule has 16 heavy (non-hydrogen) atoms. The normalized spacial score (nSPS) is 14.8. The van der Waals surface area contributed by atoms with Crippen molar-refractivity contribution in [3.05, 3.63) is 0 Å². The Balaban J connectivity index is 4.07. The van der Waals surface area contributed by atoms with Gasteiger partial charge in [-0.3, -0.25) is 0 Å². The van der Waals surface area contributed by atoms with Crippen LogP contribution in [0.1, 0.15) is 47.0 Å². The minimum Gasteiger partial charge on any atom is -0.409 e. The quantitative estimate of drug-likeness (QED) is 0.290. The lowest BCUT2D eigenvalue weighted by Crippen LogP contribution is -2.37. The van der Waals surface area contributed by atoms with Crippen molar-refractivity contribution >= 4 is 5.84 Å². The monoisotopic (exact) mass is 229 g/mol. The maximum atomic E-state index is 8.50. The van der Waals surface area contributed by atoms with Gasteiger partial charge in [-0.05, 0) is 26.2 Å². The zero-order valence-corrected chi connectivity index (χ0v) is 11.1. The van der Waals surface area contributed by atoms with E-state index >= 15 is 0 Å². The third-order valence-corrected chi connectivity index (χ3v) is 2.84. The molecule has 0 spiro atoms. The second kappa shape index (κ2) is 8.39. The molecule has 4 nitrogen and oxygen atoms in total. The number of amidine groups is 1. The van der Waals surface area contributed by atoms with Crippen LogP contribution in [0.5, 0.6) is 0 Å². The molecule has 4 heteroatoms. The fraction of sp³-hybridized carbons (Fsp3) is 0.917. The largest absolute Gasteiger partial charge is 0.409 e. The van der Waals surface area contributed by atoms with Gasteiger partial charge in [-0.1, -0.05) is 25.4 Å². The number of oxime groups is 1. The highest BCUT2D eigenvalue weighted by Crippen LogP contribution is 2.10. The summed E-state index contributed by atoms with van der Waals surface area (Å²) in [6.07, 6.45) is 3.12. The molecule has 0 amide bonds.